The van der Waals surface area contributed by atoms with Gasteiger partial charge in [0.05, 0.1) is 0 Å². The maximum atomic E-state index is 4.82. The molecule has 0 saturated heterocycles. The van der Waals surface area contributed by atoms with E-state index in [2.05, 4.69) is 96.6 Å². The van der Waals surface area contributed by atoms with Gasteiger partial charge in [-0.25, -0.2) is 0 Å². The van der Waals surface area contributed by atoms with E-state index in [0.717, 1.165) is 0 Å². The molecule has 2 aromatic carbocycles. The number of nitrogens with one attached hydrogen (secondary N) is 1. The van der Waals surface area contributed by atoms with Crippen molar-refractivity contribution < 1.29 is 0 Å². The molecular formula is C18H26NPSSe. The average molecular weight is 398 g/mol. The van der Waals surface area contributed by atoms with Crippen LogP contribution in [0.4, 0.5) is 0 Å². The third-order valence-corrected chi connectivity index (χ3v) is 8.91. The first-order valence-corrected chi connectivity index (χ1v) is 12.7. The van der Waals surface area contributed by atoms with Gasteiger partial charge in [-0.3, -0.25) is 0 Å². The summed E-state index contributed by atoms with van der Waals surface area (Å²) in [5, 5.41) is 5.86. The molecule has 0 fully saturated rings. The fourth-order valence-electron chi connectivity index (χ4n) is 2.08. The first kappa shape index (κ1) is 19.7. The molecule has 0 atom stereocenters. The van der Waals surface area contributed by atoms with Gasteiger partial charge in [0.15, 0.2) is 0 Å². The second-order valence-corrected chi connectivity index (χ2v) is 15.0. The number of rotatable bonds is 4. The standard InChI is InChI=1S/C12H11PSSe.C6H15N/c14-13(15,11-7-3-1-4-8-11)12-9-5-2-6-10-12;1-5(2)7-6(3)4/h1-10H,(H,14,15);5-7H,1-4H3. The molecule has 0 aliphatic rings. The van der Waals surface area contributed by atoms with Crippen molar-refractivity contribution in [3.63, 3.8) is 0 Å². The quantitative estimate of drug-likeness (QED) is 0.451. The minimum absolute atomic E-state index is 0.625. The molecule has 0 aromatic heterocycles. The molecular weight excluding hydrogens is 372 g/mol. The Morgan fingerprint density at radius 2 is 1.09 bits per heavy atom. The van der Waals surface area contributed by atoms with Gasteiger partial charge < -0.3 is 5.32 Å². The van der Waals surface area contributed by atoms with Crippen LogP contribution in [-0.2, 0) is 0 Å². The van der Waals surface area contributed by atoms with E-state index in [1.54, 1.807) is 0 Å². The van der Waals surface area contributed by atoms with Crippen molar-refractivity contribution in [3.05, 3.63) is 60.7 Å². The van der Waals surface area contributed by atoms with Gasteiger partial charge in [0.25, 0.3) is 0 Å². The Morgan fingerprint density at radius 1 is 0.773 bits per heavy atom. The molecule has 0 bridgehead atoms. The van der Waals surface area contributed by atoms with Gasteiger partial charge in [-0.1, -0.05) is 27.7 Å². The van der Waals surface area contributed by atoms with Crippen LogP contribution in [0.2, 0.25) is 0 Å². The van der Waals surface area contributed by atoms with Gasteiger partial charge in [-0.2, -0.15) is 0 Å². The molecule has 0 amide bonds. The molecule has 0 radical (unpaired) electrons. The van der Waals surface area contributed by atoms with Crippen molar-refractivity contribution in [2.45, 2.75) is 39.8 Å². The summed E-state index contributed by atoms with van der Waals surface area (Å²) in [6.45, 7) is 8.61. The number of thiol groups is 1. The molecule has 0 spiro atoms. The van der Waals surface area contributed by atoms with E-state index in [0.29, 0.717) is 12.1 Å². The summed E-state index contributed by atoms with van der Waals surface area (Å²) in [5.74, 6) is 0. The van der Waals surface area contributed by atoms with Gasteiger partial charge in [-0.05, 0) is 0 Å². The van der Waals surface area contributed by atoms with E-state index in [1.165, 1.54) is 10.6 Å². The Kier molecular flexibility index (Phi) is 8.75. The predicted molar refractivity (Wildman–Crippen MR) is 107 cm³/mol. The molecule has 0 saturated carbocycles. The minimum atomic E-state index is -1.58. The van der Waals surface area contributed by atoms with E-state index in [4.69, 9.17) is 12.2 Å². The van der Waals surface area contributed by atoms with Crippen molar-refractivity contribution in [1.82, 2.24) is 5.32 Å². The van der Waals surface area contributed by atoms with E-state index in [9.17, 15) is 0 Å². The molecule has 0 unspecified atom stereocenters. The summed E-state index contributed by atoms with van der Waals surface area (Å²) in [7, 11) is 0. The molecule has 0 aliphatic heterocycles. The predicted octanol–water partition coefficient (Wildman–Crippen LogP) is 3.98. The second-order valence-electron chi connectivity index (χ2n) is 5.72. The molecule has 0 aliphatic carbocycles. The molecule has 2 aromatic rings. The Hall–Kier alpha value is -0.301. The van der Waals surface area contributed by atoms with Crippen molar-refractivity contribution in [1.29, 1.82) is 0 Å². The number of hydrogen-bond acceptors (Lipinski definition) is 2. The summed E-state index contributed by atoms with van der Waals surface area (Å²) >= 11 is 8.08. The Labute approximate surface area is 148 Å². The molecule has 1 N–H and O–H groups in total. The van der Waals surface area contributed by atoms with Crippen LogP contribution in [0, 0.1) is 0 Å². The van der Waals surface area contributed by atoms with E-state index >= 15 is 0 Å². The topological polar surface area (TPSA) is 12.0 Å². The van der Waals surface area contributed by atoms with E-state index < -0.39 is 4.71 Å². The Balaban J connectivity index is 0.000000295. The number of hydrogen-bond donors (Lipinski definition) is 2. The zero-order chi connectivity index (χ0) is 16.6. The summed E-state index contributed by atoms with van der Waals surface area (Å²) in [6, 6.07) is 22.1. The molecule has 1 nitrogen and oxygen atoms in total. The molecule has 4 heteroatoms. The SMILES string of the molecule is CC(C)NC(C)C.SP(=[Se])(c1ccccc1)c1ccccc1. The van der Waals surface area contributed by atoms with Crippen LogP contribution in [0.25, 0.3) is 0 Å². The molecule has 120 valence electrons. The van der Waals surface area contributed by atoms with Crippen LogP contribution in [0.1, 0.15) is 27.7 Å². The van der Waals surface area contributed by atoms with Crippen LogP contribution in [0.5, 0.6) is 0 Å². The Bertz CT molecular complexity index is 535. The second kappa shape index (κ2) is 9.75. The van der Waals surface area contributed by atoms with Gasteiger partial charge in [-0.15, -0.1) is 0 Å². The summed E-state index contributed by atoms with van der Waals surface area (Å²) in [5.41, 5.74) is 0. The first-order valence-electron chi connectivity index (χ1n) is 7.54. The van der Waals surface area contributed by atoms with Gasteiger partial charge in [0.1, 0.15) is 0 Å². The van der Waals surface area contributed by atoms with Crippen LogP contribution < -0.4 is 15.9 Å². The summed E-state index contributed by atoms with van der Waals surface area (Å²) in [4.78, 5) is 0. The number of benzene rings is 2. The Morgan fingerprint density at radius 3 is 1.32 bits per heavy atom. The van der Waals surface area contributed by atoms with Gasteiger partial charge in [0.2, 0.25) is 0 Å². The van der Waals surface area contributed by atoms with Crippen molar-refractivity contribution in [2.24, 2.45) is 0 Å². The van der Waals surface area contributed by atoms with Crippen LogP contribution in [0.15, 0.2) is 60.7 Å². The average Bonchev–Trinajstić information content (AvgIpc) is 2.48. The van der Waals surface area contributed by atoms with Crippen molar-refractivity contribution in [2.75, 3.05) is 0 Å². The maximum absolute atomic E-state index is 4.82. The first-order chi connectivity index (χ1) is 10.3. The molecule has 22 heavy (non-hydrogen) atoms. The monoisotopic (exact) mass is 399 g/mol. The zero-order valence-corrected chi connectivity index (χ0v) is 17.2. The fraction of sp³-hybridized carbons (Fsp3) is 0.333. The third-order valence-electron chi connectivity index (χ3n) is 2.88. The van der Waals surface area contributed by atoms with E-state index in [1.807, 2.05) is 12.1 Å². The van der Waals surface area contributed by atoms with Gasteiger partial charge in [0, 0.05) is 12.1 Å². The van der Waals surface area contributed by atoms with Gasteiger partial charge >= 0.3 is 103 Å². The molecule has 2 rings (SSSR count). The van der Waals surface area contributed by atoms with Crippen LogP contribution in [-0.4, -0.2) is 27.2 Å². The summed E-state index contributed by atoms with van der Waals surface area (Å²) in [6.07, 6.45) is 0. The van der Waals surface area contributed by atoms with Crippen molar-refractivity contribution >= 4 is 42.7 Å². The van der Waals surface area contributed by atoms with E-state index in [-0.39, 0.29) is 0 Å². The zero-order valence-electron chi connectivity index (χ0n) is 13.7. The van der Waals surface area contributed by atoms with Crippen molar-refractivity contribution in [3.8, 4) is 0 Å². The van der Waals surface area contributed by atoms with Crippen LogP contribution in [0.3, 0.4) is 0 Å². The van der Waals surface area contributed by atoms with Crippen LogP contribution >= 0.6 is 17.0 Å². The molecule has 0 heterocycles. The summed E-state index contributed by atoms with van der Waals surface area (Å²) < 4.78 is -1.58. The fourth-order valence-corrected chi connectivity index (χ4v) is 5.86. The normalized spacial score (nSPS) is 11.2. The third kappa shape index (κ3) is 6.86.